The molecule has 0 aromatic carbocycles. The molecule has 0 bridgehead atoms. The summed E-state index contributed by atoms with van der Waals surface area (Å²) in [7, 11) is 0. The molecular formula is C4H8BClNO. The Balaban J connectivity index is 2.13. The first-order valence-corrected chi connectivity index (χ1v) is 3.12. The molecule has 45 valence electrons. The van der Waals surface area contributed by atoms with E-state index in [0.717, 1.165) is 26.3 Å². The van der Waals surface area contributed by atoms with Crippen molar-refractivity contribution in [2.75, 3.05) is 26.3 Å². The van der Waals surface area contributed by atoms with Crippen LogP contribution < -0.4 is 0 Å². The number of halogens is 1. The lowest BCUT2D eigenvalue weighted by Gasteiger charge is -2.23. The molecule has 2 nitrogen and oxygen atoms in total. The number of rotatable bonds is 1. The van der Waals surface area contributed by atoms with Crippen LogP contribution in [0.2, 0.25) is 0 Å². The van der Waals surface area contributed by atoms with Gasteiger partial charge in [0.15, 0.2) is 0 Å². The van der Waals surface area contributed by atoms with E-state index in [4.69, 9.17) is 16.2 Å². The van der Waals surface area contributed by atoms with Gasteiger partial charge in [-0.05, 0) is 0 Å². The van der Waals surface area contributed by atoms with Crippen LogP contribution in [0.25, 0.3) is 0 Å². The fourth-order valence-electron chi connectivity index (χ4n) is 0.675. The van der Waals surface area contributed by atoms with Crippen molar-refractivity contribution in [3.05, 3.63) is 0 Å². The smallest absolute Gasteiger partial charge is 0.335 e. The standard InChI is InChI=1S/C4H8BClNO/c6-5-7-1-3-8-4-2-7/h1-4H2. The average Bonchev–Trinajstić information content (AvgIpc) is 1.90. The van der Waals surface area contributed by atoms with Crippen molar-refractivity contribution in [1.82, 2.24) is 4.81 Å². The maximum atomic E-state index is 5.43. The van der Waals surface area contributed by atoms with Crippen molar-refractivity contribution in [3.8, 4) is 0 Å². The zero-order chi connectivity index (χ0) is 5.82. The van der Waals surface area contributed by atoms with Crippen LogP contribution in [0.4, 0.5) is 0 Å². The van der Waals surface area contributed by atoms with Gasteiger partial charge in [0, 0.05) is 13.1 Å². The topological polar surface area (TPSA) is 12.5 Å². The third kappa shape index (κ3) is 1.65. The average molecular weight is 132 g/mol. The molecule has 0 N–H and O–H groups in total. The monoisotopic (exact) mass is 132 g/mol. The van der Waals surface area contributed by atoms with Crippen LogP contribution in [0.15, 0.2) is 0 Å². The van der Waals surface area contributed by atoms with Crippen LogP contribution in [0, 0.1) is 0 Å². The van der Waals surface area contributed by atoms with Crippen molar-refractivity contribution in [2.24, 2.45) is 0 Å². The summed E-state index contributed by atoms with van der Waals surface area (Å²) in [4.78, 5) is 2.03. The summed E-state index contributed by atoms with van der Waals surface area (Å²) in [5.74, 6) is 0. The van der Waals surface area contributed by atoms with Crippen LogP contribution in [0.5, 0.6) is 0 Å². The number of hydrogen-bond acceptors (Lipinski definition) is 2. The largest absolute Gasteiger partial charge is 0.379 e. The van der Waals surface area contributed by atoms with Gasteiger partial charge in [0.2, 0.25) is 0 Å². The van der Waals surface area contributed by atoms with Crippen LogP contribution >= 0.6 is 11.5 Å². The van der Waals surface area contributed by atoms with Crippen molar-refractivity contribution < 1.29 is 4.74 Å². The lowest BCUT2D eigenvalue weighted by Crippen LogP contribution is -2.36. The van der Waals surface area contributed by atoms with Crippen LogP contribution in [0.3, 0.4) is 0 Å². The molecule has 0 spiro atoms. The minimum Gasteiger partial charge on any atom is -0.379 e. The van der Waals surface area contributed by atoms with Gasteiger partial charge < -0.3 is 9.55 Å². The second kappa shape index (κ2) is 3.33. The predicted molar refractivity (Wildman–Crippen MR) is 34.0 cm³/mol. The molecular weight excluding hydrogens is 124 g/mol. The van der Waals surface area contributed by atoms with Crippen LogP contribution in [-0.2, 0) is 4.74 Å². The van der Waals surface area contributed by atoms with Gasteiger partial charge in [-0.2, -0.15) is 11.5 Å². The molecule has 1 saturated heterocycles. The quantitative estimate of drug-likeness (QED) is 0.469. The molecule has 8 heavy (non-hydrogen) atoms. The summed E-state index contributed by atoms with van der Waals surface area (Å²) >= 11 is 5.43. The first-order chi connectivity index (χ1) is 3.93. The minimum absolute atomic E-state index is 0.809. The Morgan fingerprint density at radius 2 is 2.00 bits per heavy atom. The van der Waals surface area contributed by atoms with E-state index in [9.17, 15) is 0 Å². The van der Waals surface area contributed by atoms with E-state index in [1.54, 1.807) is 6.83 Å². The van der Waals surface area contributed by atoms with Crippen LogP contribution in [0.1, 0.15) is 0 Å². The Morgan fingerprint density at radius 3 is 2.38 bits per heavy atom. The van der Waals surface area contributed by atoms with Gasteiger partial charge in [-0.1, -0.05) is 0 Å². The van der Waals surface area contributed by atoms with Gasteiger partial charge in [-0.3, -0.25) is 0 Å². The number of morpholine rings is 1. The molecule has 0 unspecified atom stereocenters. The van der Waals surface area contributed by atoms with E-state index in [2.05, 4.69) is 0 Å². The van der Waals surface area contributed by atoms with E-state index in [0.29, 0.717) is 0 Å². The zero-order valence-corrected chi connectivity index (χ0v) is 5.40. The highest BCUT2D eigenvalue weighted by molar-refractivity contribution is 6.92. The van der Waals surface area contributed by atoms with E-state index >= 15 is 0 Å². The molecule has 0 amide bonds. The lowest BCUT2D eigenvalue weighted by molar-refractivity contribution is 0.0734. The summed E-state index contributed by atoms with van der Waals surface area (Å²) in [6.45, 7) is 5.07. The maximum absolute atomic E-state index is 5.43. The maximum Gasteiger partial charge on any atom is 0.335 e. The normalized spacial score (nSPS) is 23.1. The number of hydrogen-bond donors (Lipinski definition) is 0. The molecule has 1 heterocycles. The summed E-state index contributed by atoms with van der Waals surface area (Å²) < 4.78 is 5.08. The van der Waals surface area contributed by atoms with Crippen molar-refractivity contribution in [3.63, 3.8) is 0 Å². The van der Waals surface area contributed by atoms with Crippen LogP contribution in [-0.4, -0.2) is 37.9 Å². The molecule has 0 saturated carbocycles. The first kappa shape index (κ1) is 6.40. The predicted octanol–water partition coefficient (Wildman–Crippen LogP) is 0.0916. The van der Waals surface area contributed by atoms with Gasteiger partial charge in [-0.15, -0.1) is 0 Å². The molecule has 0 aromatic rings. The number of nitrogens with zero attached hydrogens (tertiary/aromatic N) is 1. The highest BCUT2D eigenvalue weighted by Gasteiger charge is 2.08. The van der Waals surface area contributed by atoms with Gasteiger partial charge in [-0.25, -0.2) is 0 Å². The summed E-state index contributed by atoms with van der Waals surface area (Å²) in [6, 6.07) is 0. The Bertz CT molecular complexity index is 67.1. The van der Waals surface area contributed by atoms with E-state index in [1.165, 1.54) is 0 Å². The molecule has 4 heteroatoms. The fourth-order valence-corrected chi connectivity index (χ4v) is 0.870. The highest BCUT2D eigenvalue weighted by Crippen LogP contribution is 1.94. The molecule has 0 aromatic heterocycles. The Hall–Kier alpha value is 0.275. The summed E-state index contributed by atoms with van der Waals surface area (Å²) in [5.41, 5.74) is 0. The number of ether oxygens (including phenoxy) is 1. The molecule has 1 radical (unpaired) electrons. The molecule has 1 rings (SSSR count). The van der Waals surface area contributed by atoms with E-state index < -0.39 is 0 Å². The second-order valence-electron chi connectivity index (χ2n) is 1.75. The molecule has 1 aliphatic rings. The SMILES string of the molecule is Cl[B]N1CCOCC1. The van der Waals surface area contributed by atoms with Gasteiger partial charge in [0.1, 0.15) is 0 Å². The fraction of sp³-hybridized carbons (Fsp3) is 1.00. The van der Waals surface area contributed by atoms with E-state index in [-0.39, 0.29) is 0 Å². The first-order valence-electron chi connectivity index (χ1n) is 2.69. The molecule has 0 atom stereocenters. The Labute approximate surface area is 54.9 Å². The zero-order valence-electron chi connectivity index (χ0n) is 4.64. The second-order valence-corrected chi connectivity index (χ2v) is 1.94. The highest BCUT2D eigenvalue weighted by atomic mass is 35.5. The molecule has 0 aliphatic carbocycles. The molecule has 1 aliphatic heterocycles. The van der Waals surface area contributed by atoms with E-state index in [1.807, 2.05) is 4.81 Å². The van der Waals surface area contributed by atoms with Gasteiger partial charge in [0.25, 0.3) is 0 Å². The molecule has 1 fully saturated rings. The summed E-state index contributed by atoms with van der Waals surface area (Å²) in [5, 5.41) is 0. The third-order valence-electron chi connectivity index (χ3n) is 1.18. The van der Waals surface area contributed by atoms with Crippen molar-refractivity contribution in [2.45, 2.75) is 0 Å². The van der Waals surface area contributed by atoms with Crippen molar-refractivity contribution in [1.29, 1.82) is 0 Å². The summed E-state index contributed by atoms with van der Waals surface area (Å²) in [6.07, 6.45) is 0. The Morgan fingerprint density at radius 1 is 1.38 bits per heavy atom. The lowest BCUT2D eigenvalue weighted by atomic mass is 10.2. The van der Waals surface area contributed by atoms with Gasteiger partial charge >= 0.3 is 6.83 Å². The minimum atomic E-state index is 0.809. The Kier molecular flexibility index (Phi) is 2.66. The van der Waals surface area contributed by atoms with Gasteiger partial charge in [0.05, 0.1) is 13.2 Å². The third-order valence-corrected chi connectivity index (χ3v) is 1.46. The van der Waals surface area contributed by atoms with Crippen molar-refractivity contribution >= 4 is 18.3 Å².